The third-order valence-corrected chi connectivity index (χ3v) is 4.74. The van der Waals surface area contributed by atoms with E-state index in [9.17, 15) is 4.79 Å². The maximum atomic E-state index is 12.6. The van der Waals surface area contributed by atoms with Gasteiger partial charge < -0.3 is 9.64 Å². The minimum Gasteiger partial charge on any atom is -0.488 e. The Morgan fingerprint density at radius 1 is 1.13 bits per heavy atom. The number of likely N-dealkylation sites (tertiary alicyclic amines) is 1. The number of carbonyl (C=O) groups excluding carboxylic acids is 1. The molecule has 2 fully saturated rings. The smallest absolute Gasteiger partial charge is 0.226 e. The van der Waals surface area contributed by atoms with E-state index in [1.54, 1.807) is 12.4 Å². The average Bonchev–Trinajstić information content (AvgIpc) is 3.28. The summed E-state index contributed by atoms with van der Waals surface area (Å²) in [4.78, 5) is 18.6. The fourth-order valence-electron chi connectivity index (χ4n) is 3.40. The molecule has 3 atom stereocenters. The molecule has 23 heavy (non-hydrogen) atoms. The van der Waals surface area contributed by atoms with E-state index in [0.29, 0.717) is 18.4 Å². The first-order valence-corrected chi connectivity index (χ1v) is 8.21. The lowest BCUT2D eigenvalue weighted by molar-refractivity contribution is -0.131. The molecule has 4 rings (SSSR count). The van der Waals surface area contributed by atoms with Crippen molar-refractivity contribution < 1.29 is 9.53 Å². The zero-order valence-electron chi connectivity index (χ0n) is 13.0. The molecule has 1 saturated heterocycles. The lowest BCUT2D eigenvalue weighted by Crippen LogP contribution is -2.32. The number of rotatable bonds is 4. The lowest BCUT2D eigenvalue weighted by Gasteiger charge is -2.17. The molecule has 1 aromatic heterocycles. The quantitative estimate of drug-likeness (QED) is 0.872. The third-order valence-electron chi connectivity index (χ3n) is 4.74. The van der Waals surface area contributed by atoms with Crippen LogP contribution in [0, 0.1) is 5.92 Å². The standard InChI is InChI=1S/C19H20N2O2/c22-19(18-12-17(18)14-4-2-1-3-5-14)21-11-8-16(13-21)23-15-6-9-20-10-7-15/h1-7,9-10,16-18H,8,11-13H2/t16-,17-,18+/m0/s1. The number of nitrogens with zero attached hydrogens (tertiary/aromatic N) is 2. The predicted octanol–water partition coefficient (Wildman–Crippen LogP) is 2.87. The highest BCUT2D eigenvalue weighted by atomic mass is 16.5. The second-order valence-electron chi connectivity index (χ2n) is 6.36. The van der Waals surface area contributed by atoms with E-state index in [1.165, 1.54) is 5.56 Å². The summed E-state index contributed by atoms with van der Waals surface area (Å²) >= 11 is 0. The van der Waals surface area contributed by atoms with Gasteiger partial charge in [0.05, 0.1) is 6.54 Å². The van der Waals surface area contributed by atoms with Crippen LogP contribution >= 0.6 is 0 Å². The Morgan fingerprint density at radius 3 is 2.70 bits per heavy atom. The lowest BCUT2D eigenvalue weighted by atomic mass is 10.1. The third kappa shape index (κ3) is 3.07. The second kappa shape index (κ2) is 6.03. The maximum absolute atomic E-state index is 12.6. The summed E-state index contributed by atoms with van der Waals surface area (Å²) in [5, 5.41) is 0. The maximum Gasteiger partial charge on any atom is 0.226 e. The van der Waals surface area contributed by atoms with Crippen LogP contribution in [0.25, 0.3) is 0 Å². The molecule has 2 heterocycles. The molecule has 0 unspecified atom stereocenters. The number of benzene rings is 1. The van der Waals surface area contributed by atoms with Gasteiger partial charge in [-0.25, -0.2) is 0 Å². The molecule has 2 aliphatic rings. The van der Waals surface area contributed by atoms with E-state index in [-0.39, 0.29) is 12.0 Å². The first-order chi connectivity index (χ1) is 11.3. The number of aromatic nitrogens is 1. The number of pyridine rings is 1. The van der Waals surface area contributed by atoms with E-state index >= 15 is 0 Å². The Morgan fingerprint density at radius 2 is 1.91 bits per heavy atom. The molecule has 0 bridgehead atoms. The van der Waals surface area contributed by atoms with Crippen molar-refractivity contribution in [3.8, 4) is 5.75 Å². The van der Waals surface area contributed by atoms with E-state index in [2.05, 4.69) is 17.1 Å². The highest BCUT2D eigenvalue weighted by Gasteiger charge is 2.46. The summed E-state index contributed by atoms with van der Waals surface area (Å²) in [7, 11) is 0. The van der Waals surface area contributed by atoms with Crippen molar-refractivity contribution in [2.75, 3.05) is 13.1 Å². The molecule has 1 aliphatic heterocycles. The van der Waals surface area contributed by atoms with Crippen molar-refractivity contribution in [1.29, 1.82) is 0 Å². The van der Waals surface area contributed by atoms with E-state index in [1.807, 2.05) is 35.2 Å². The number of ether oxygens (including phenoxy) is 1. The molecule has 118 valence electrons. The van der Waals surface area contributed by atoms with Gasteiger partial charge in [-0.3, -0.25) is 9.78 Å². The summed E-state index contributed by atoms with van der Waals surface area (Å²) in [6, 6.07) is 14.1. The summed E-state index contributed by atoms with van der Waals surface area (Å²) < 4.78 is 5.93. The van der Waals surface area contributed by atoms with Crippen LogP contribution in [0.15, 0.2) is 54.9 Å². The topological polar surface area (TPSA) is 42.4 Å². The van der Waals surface area contributed by atoms with Crippen molar-refractivity contribution >= 4 is 5.91 Å². The van der Waals surface area contributed by atoms with Crippen molar-refractivity contribution in [2.45, 2.75) is 24.9 Å². The molecule has 2 aromatic rings. The molecule has 1 saturated carbocycles. The van der Waals surface area contributed by atoms with Crippen molar-refractivity contribution in [2.24, 2.45) is 5.92 Å². The van der Waals surface area contributed by atoms with Gasteiger partial charge in [0.1, 0.15) is 11.9 Å². The van der Waals surface area contributed by atoms with E-state index in [0.717, 1.165) is 25.1 Å². The van der Waals surface area contributed by atoms with Gasteiger partial charge in [0, 0.05) is 31.3 Å². The van der Waals surface area contributed by atoms with Crippen molar-refractivity contribution in [3.05, 3.63) is 60.4 Å². The number of amides is 1. The molecule has 4 nitrogen and oxygen atoms in total. The highest BCUT2D eigenvalue weighted by molar-refractivity contribution is 5.83. The summed E-state index contributed by atoms with van der Waals surface area (Å²) in [5.41, 5.74) is 1.29. The van der Waals surface area contributed by atoms with Gasteiger partial charge >= 0.3 is 0 Å². The van der Waals surface area contributed by atoms with E-state index < -0.39 is 0 Å². The zero-order chi connectivity index (χ0) is 15.6. The molecule has 4 heteroatoms. The average molecular weight is 308 g/mol. The minimum absolute atomic E-state index is 0.0928. The molecular weight excluding hydrogens is 288 g/mol. The van der Waals surface area contributed by atoms with Crippen LogP contribution in [0.4, 0.5) is 0 Å². The van der Waals surface area contributed by atoms with Crippen LogP contribution < -0.4 is 4.74 Å². The van der Waals surface area contributed by atoms with Crippen LogP contribution in [-0.4, -0.2) is 35.0 Å². The summed E-state index contributed by atoms with van der Waals surface area (Å²) in [6.07, 6.45) is 5.42. The van der Waals surface area contributed by atoms with Crippen LogP contribution in [0.2, 0.25) is 0 Å². The first kappa shape index (κ1) is 14.2. The number of carbonyl (C=O) groups is 1. The predicted molar refractivity (Wildman–Crippen MR) is 87.1 cm³/mol. The summed E-state index contributed by atoms with van der Waals surface area (Å²) in [6.45, 7) is 1.49. The van der Waals surface area contributed by atoms with Crippen LogP contribution in [0.5, 0.6) is 5.75 Å². The number of hydrogen-bond donors (Lipinski definition) is 0. The van der Waals surface area contributed by atoms with Gasteiger partial charge in [0.25, 0.3) is 0 Å². The van der Waals surface area contributed by atoms with Gasteiger partial charge in [-0.2, -0.15) is 0 Å². The Hall–Kier alpha value is -2.36. The highest BCUT2D eigenvalue weighted by Crippen LogP contribution is 2.48. The molecule has 0 radical (unpaired) electrons. The van der Waals surface area contributed by atoms with Crippen LogP contribution in [-0.2, 0) is 4.79 Å². The Bertz CT molecular complexity index is 674. The number of hydrogen-bond acceptors (Lipinski definition) is 3. The van der Waals surface area contributed by atoms with Gasteiger partial charge in [-0.05, 0) is 30.0 Å². The van der Waals surface area contributed by atoms with Gasteiger partial charge in [-0.15, -0.1) is 0 Å². The Balaban J connectivity index is 1.33. The summed E-state index contributed by atoms with van der Waals surface area (Å²) in [5.74, 6) is 1.69. The first-order valence-electron chi connectivity index (χ1n) is 8.21. The van der Waals surface area contributed by atoms with Gasteiger partial charge in [0.15, 0.2) is 0 Å². The van der Waals surface area contributed by atoms with Crippen molar-refractivity contribution in [3.63, 3.8) is 0 Å². The molecule has 0 N–H and O–H groups in total. The molecular formula is C19H20N2O2. The molecule has 1 aromatic carbocycles. The van der Waals surface area contributed by atoms with Crippen molar-refractivity contribution in [1.82, 2.24) is 9.88 Å². The fraction of sp³-hybridized carbons (Fsp3) is 0.368. The monoisotopic (exact) mass is 308 g/mol. The molecule has 1 amide bonds. The van der Waals surface area contributed by atoms with Gasteiger partial charge in [-0.1, -0.05) is 30.3 Å². The van der Waals surface area contributed by atoms with Crippen LogP contribution in [0.1, 0.15) is 24.3 Å². The minimum atomic E-state index is 0.0928. The van der Waals surface area contributed by atoms with Crippen LogP contribution in [0.3, 0.4) is 0 Å². The van der Waals surface area contributed by atoms with E-state index in [4.69, 9.17) is 4.74 Å². The van der Waals surface area contributed by atoms with Gasteiger partial charge in [0.2, 0.25) is 5.91 Å². The Labute approximate surface area is 136 Å². The normalized spacial score (nSPS) is 26.1. The molecule has 0 spiro atoms. The largest absolute Gasteiger partial charge is 0.488 e. The molecule has 1 aliphatic carbocycles. The SMILES string of the molecule is O=C([C@@H]1C[C@H]1c1ccccc1)N1CC[C@H](Oc2ccncc2)C1. The Kier molecular flexibility index (Phi) is 3.74. The zero-order valence-corrected chi connectivity index (χ0v) is 13.0. The fourth-order valence-corrected chi connectivity index (χ4v) is 3.40. The second-order valence-corrected chi connectivity index (χ2v) is 6.36.